The van der Waals surface area contributed by atoms with Crippen LogP contribution in [0.5, 0.6) is 0 Å². The number of benzene rings is 1. The van der Waals surface area contributed by atoms with Gasteiger partial charge in [0, 0.05) is 18.8 Å². The minimum absolute atomic E-state index is 0.191. The molecule has 112 valence electrons. The predicted molar refractivity (Wildman–Crippen MR) is 79.4 cm³/mol. The van der Waals surface area contributed by atoms with Crippen molar-refractivity contribution in [2.24, 2.45) is 0 Å². The van der Waals surface area contributed by atoms with E-state index >= 15 is 0 Å². The molecule has 6 nitrogen and oxygen atoms in total. The number of nitrogen functional groups attached to an aromatic ring is 1. The third-order valence-electron chi connectivity index (χ3n) is 2.87. The molecule has 3 N–H and O–H groups in total. The van der Waals surface area contributed by atoms with Gasteiger partial charge in [-0.1, -0.05) is 12.1 Å². The maximum atomic E-state index is 11.9. The Morgan fingerprint density at radius 1 is 1.30 bits per heavy atom. The maximum Gasteiger partial charge on any atom is 0.237 e. The van der Waals surface area contributed by atoms with Gasteiger partial charge in [-0.05, 0) is 31.5 Å². The summed E-state index contributed by atoms with van der Waals surface area (Å²) < 4.78 is 26.1. The quantitative estimate of drug-likeness (QED) is 0.719. The molecule has 1 aromatic carbocycles. The number of anilines is 1. The first kappa shape index (κ1) is 16.5. The topological polar surface area (TPSA) is 92.5 Å². The number of amides is 1. The molecule has 0 unspecified atom stereocenters. The van der Waals surface area contributed by atoms with Crippen LogP contribution in [-0.4, -0.2) is 38.9 Å². The molecular formula is C13H21N3O3S. The molecule has 1 rings (SSSR count). The number of likely N-dealkylation sites (N-methyl/N-ethyl adjacent to an activating group) is 1. The highest BCUT2D eigenvalue weighted by Gasteiger charge is 2.16. The molecule has 0 saturated carbocycles. The summed E-state index contributed by atoms with van der Waals surface area (Å²) in [4.78, 5) is 13.3. The molecule has 1 aromatic rings. The summed E-state index contributed by atoms with van der Waals surface area (Å²) in [5, 5.41) is 0. The first-order valence-electron chi connectivity index (χ1n) is 6.47. The lowest BCUT2D eigenvalue weighted by atomic mass is 10.2. The molecule has 0 heterocycles. The number of nitrogens with one attached hydrogen (secondary N) is 1. The van der Waals surface area contributed by atoms with Crippen molar-refractivity contribution in [2.75, 3.05) is 25.4 Å². The molecule has 0 saturated heterocycles. The molecule has 0 aliphatic heterocycles. The number of carbonyl (C=O) groups excluding carboxylic acids is 1. The highest BCUT2D eigenvalue weighted by Crippen LogP contribution is 2.09. The summed E-state index contributed by atoms with van der Waals surface area (Å²) in [5.41, 5.74) is 6.70. The Morgan fingerprint density at radius 3 is 2.50 bits per heavy atom. The number of carbonyl (C=O) groups is 1. The smallest absolute Gasteiger partial charge is 0.237 e. The summed E-state index contributed by atoms with van der Waals surface area (Å²) in [7, 11) is -3.55. The van der Waals surface area contributed by atoms with Crippen LogP contribution in [0.1, 0.15) is 19.4 Å². The van der Waals surface area contributed by atoms with Gasteiger partial charge in [-0.3, -0.25) is 4.79 Å². The van der Waals surface area contributed by atoms with Gasteiger partial charge in [0.2, 0.25) is 15.9 Å². The van der Waals surface area contributed by atoms with Crippen molar-refractivity contribution in [1.29, 1.82) is 0 Å². The van der Waals surface area contributed by atoms with E-state index in [0.717, 1.165) is 0 Å². The van der Waals surface area contributed by atoms with Crippen molar-refractivity contribution < 1.29 is 13.2 Å². The average Bonchev–Trinajstić information content (AvgIpc) is 2.37. The molecule has 7 heteroatoms. The average molecular weight is 299 g/mol. The van der Waals surface area contributed by atoms with Gasteiger partial charge in [0.25, 0.3) is 0 Å². The Bertz CT molecular complexity index is 554. The van der Waals surface area contributed by atoms with Crippen LogP contribution in [0.2, 0.25) is 0 Å². The molecule has 0 spiro atoms. The van der Waals surface area contributed by atoms with Gasteiger partial charge < -0.3 is 10.6 Å². The Kier molecular flexibility index (Phi) is 5.97. The molecular weight excluding hydrogens is 278 g/mol. The SMILES string of the molecule is CCN(CC)C(=O)CNS(=O)(=O)Cc1cccc(N)c1. The fourth-order valence-electron chi connectivity index (χ4n) is 1.81. The summed E-state index contributed by atoms with van der Waals surface area (Å²) in [6.07, 6.45) is 0. The van der Waals surface area contributed by atoms with Crippen molar-refractivity contribution in [3.05, 3.63) is 29.8 Å². The molecule has 0 aliphatic carbocycles. The van der Waals surface area contributed by atoms with Gasteiger partial charge in [-0.15, -0.1) is 0 Å². The van der Waals surface area contributed by atoms with Crippen LogP contribution >= 0.6 is 0 Å². The zero-order chi connectivity index (χ0) is 15.2. The van der Waals surface area contributed by atoms with Crippen LogP contribution in [0.4, 0.5) is 5.69 Å². The third kappa shape index (κ3) is 5.18. The number of nitrogens with two attached hydrogens (primary N) is 1. The van der Waals surface area contributed by atoms with Crippen molar-refractivity contribution >= 4 is 21.6 Å². The number of rotatable bonds is 7. The lowest BCUT2D eigenvalue weighted by Gasteiger charge is -2.18. The minimum Gasteiger partial charge on any atom is -0.399 e. The van der Waals surface area contributed by atoms with Gasteiger partial charge in [0.05, 0.1) is 12.3 Å². The minimum atomic E-state index is -3.55. The number of sulfonamides is 1. The van der Waals surface area contributed by atoms with Gasteiger partial charge >= 0.3 is 0 Å². The summed E-state index contributed by atoms with van der Waals surface area (Å²) >= 11 is 0. The van der Waals surface area contributed by atoms with Gasteiger partial charge in [0.15, 0.2) is 0 Å². The van der Waals surface area contributed by atoms with Crippen molar-refractivity contribution in [3.63, 3.8) is 0 Å². The predicted octanol–water partition coefficient (Wildman–Crippen LogP) is 0.557. The van der Waals surface area contributed by atoms with Crippen LogP contribution in [0.15, 0.2) is 24.3 Å². The van der Waals surface area contributed by atoms with Crippen LogP contribution < -0.4 is 10.5 Å². The molecule has 0 aliphatic rings. The summed E-state index contributed by atoms with van der Waals surface area (Å²) in [6.45, 7) is 4.61. The molecule has 0 atom stereocenters. The van der Waals surface area contributed by atoms with E-state index < -0.39 is 10.0 Å². The van der Waals surface area contributed by atoms with E-state index in [4.69, 9.17) is 5.73 Å². The van der Waals surface area contributed by atoms with E-state index in [1.165, 1.54) is 0 Å². The van der Waals surface area contributed by atoms with E-state index in [0.29, 0.717) is 24.3 Å². The van der Waals surface area contributed by atoms with Gasteiger partial charge in [0.1, 0.15) is 0 Å². The second-order valence-electron chi connectivity index (χ2n) is 4.39. The van der Waals surface area contributed by atoms with Crippen LogP contribution in [0.25, 0.3) is 0 Å². The maximum absolute atomic E-state index is 11.9. The Morgan fingerprint density at radius 2 is 1.95 bits per heavy atom. The van der Waals surface area contributed by atoms with E-state index in [2.05, 4.69) is 4.72 Å². The molecule has 0 bridgehead atoms. The third-order valence-corrected chi connectivity index (χ3v) is 4.16. The largest absolute Gasteiger partial charge is 0.399 e. The first-order valence-corrected chi connectivity index (χ1v) is 8.12. The fourth-order valence-corrected chi connectivity index (χ4v) is 2.88. The zero-order valence-corrected chi connectivity index (χ0v) is 12.6. The molecule has 0 radical (unpaired) electrons. The van der Waals surface area contributed by atoms with Crippen LogP contribution in [-0.2, 0) is 20.6 Å². The molecule has 0 fully saturated rings. The Balaban J connectivity index is 2.60. The van der Waals surface area contributed by atoms with Crippen molar-refractivity contribution in [3.8, 4) is 0 Å². The summed E-state index contributed by atoms with van der Waals surface area (Å²) in [5.74, 6) is -0.421. The highest BCUT2D eigenvalue weighted by atomic mass is 32.2. The number of hydrogen-bond acceptors (Lipinski definition) is 4. The van der Waals surface area contributed by atoms with E-state index in [-0.39, 0.29) is 18.2 Å². The normalized spacial score (nSPS) is 11.3. The zero-order valence-electron chi connectivity index (χ0n) is 11.8. The molecule has 20 heavy (non-hydrogen) atoms. The second-order valence-corrected chi connectivity index (χ2v) is 6.20. The standard InChI is InChI=1S/C13H21N3O3S/c1-3-16(4-2)13(17)9-15-20(18,19)10-11-6-5-7-12(14)8-11/h5-8,15H,3-4,9-10,14H2,1-2H3. The summed E-state index contributed by atoms with van der Waals surface area (Å²) in [6, 6.07) is 6.67. The van der Waals surface area contributed by atoms with E-state index in [9.17, 15) is 13.2 Å². The van der Waals surface area contributed by atoms with Crippen LogP contribution in [0.3, 0.4) is 0 Å². The van der Waals surface area contributed by atoms with E-state index in [1.54, 1.807) is 29.2 Å². The van der Waals surface area contributed by atoms with Gasteiger partial charge in [-0.2, -0.15) is 0 Å². The second kappa shape index (κ2) is 7.25. The molecule has 0 aromatic heterocycles. The van der Waals surface area contributed by atoms with Gasteiger partial charge in [-0.25, -0.2) is 13.1 Å². The van der Waals surface area contributed by atoms with Crippen molar-refractivity contribution in [1.82, 2.24) is 9.62 Å². The fraction of sp³-hybridized carbons (Fsp3) is 0.462. The van der Waals surface area contributed by atoms with Crippen molar-refractivity contribution in [2.45, 2.75) is 19.6 Å². The molecule has 1 amide bonds. The Hall–Kier alpha value is -1.60. The van der Waals surface area contributed by atoms with E-state index in [1.807, 2.05) is 13.8 Å². The lowest BCUT2D eigenvalue weighted by molar-refractivity contribution is -0.129. The lowest BCUT2D eigenvalue weighted by Crippen LogP contribution is -2.40. The highest BCUT2D eigenvalue weighted by molar-refractivity contribution is 7.88. The number of nitrogens with zero attached hydrogens (tertiary/aromatic N) is 1. The Labute approximate surface area is 120 Å². The monoisotopic (exact) mass is 299 g/mol. The number of hydrogen-bond donors (Lipinski definition) is 2. The van der Waals surface area contributed by atoms with Crippen LogP contribution in [0, 0.1) is 0 Å². The first-order chi connectivity index (χ1) is 9.38.